The number of carbonyl (C=O) groups excluding carboxylic acids is 1. The average Bonchev–Trinajstić information content (AvgIpc) is 2.78. The van der Waals surface area contributed by atoms with Crippen LogP contribution in [-0.4, -0.2) is 40.2 Å². The molecule has 0 spiro atoms. The smallest absolute Gasteiger partial charge is 0.377 e. The van der Waals surface area contributed by atoms with Gasteiger partial charge in [0.2, 0.25) is 5.76 Å². The zero-order chi connectivity index (χ0) is 24.7. The van der Waals surface area contributed by atoms with Gasteiger partial charge in [-0.3, -0.25) is 0 Å². The minimum atomic E-state index is -1.44. The first kappa shape index (κ1) is 28.7. The topological polar surface area (TPSA) is 66.3 Å². The van der Waals surface area contributed by atoms with E-state index in [4.69, 9.17) is 19.0 Å². The van der Waals surface area contributed by atoms with E-state index in [0.29, 0.717) is 12.0 Å². The molecule has 0 aliphatic carbocycles. The highest BCUT2D eigenvalue weighted by molar-refractivity contribution is 6.77. The first-order valence-corrected chi connectivity index (χ1v) is 15.4. The molecule has 0 bridgehead atoms. The summed E-state index contributed by atoms with van der Waals surface area (Å²) in [6.45, 7) is 10.8. The van der Waals surface area contributed by atoms with Gasteiger partial charge in [-0.2, -0.15) is 0 Å². The summed E-state index contributed by atoms with van der Waals surface area (Å²) in [5, 5.41) is 4.36. The molecule has 0 saturated heterocycles. The molecule has 0 heterocycles. The SMILES string of the molecule is CCCCCCCCC[Si](C)(C)CON=C(C)c1ccc(C)c(OC(=COC)C(=O)OC)c1. The summed E-state index contributed by atoms with van der Waals surface area (Å²) in [7, 11) is 1.30. The second kappa shape index (κ2) is 15.5. The van der Waals surface area contributed by atoms with Crippen LogP contribution in [0.25, 0.3) is 0 Å². The number of methoxy groups -OCH3 is 2. The van der Waals surface area contributed by atoms with Crippen molar-refractivity contribution in [3.05, 3.63) is 41.3 Å². The molecule has 0 unspecified atom stereocenters. The van der Waals surface area contributed by atoms with Crippen LogP contribution >= 0.6 is 0 Å². The fourth-order valence-corrected chi connectivity index (χ4v) is 5.13. The minimum Gasteiger partial charge on any atom is -0.500 e. The molecular weight excluding hydrogens is 434 g/mol. The molecule has 1 rings (SSSR count). The number of hydrogen-bond donors (Lipinski definition) is 0. The van der Waals surface area contributed by atoms with Crippen LogP contribution in [-0.2, 0) is 19.1 Å². The Morgan fingerprint density at radius 2 is 1.73 bits per heavy atom. The summed E-state index contributed by atoms with van der Waals surface area (Å²) >= 11 is 0. The summed E-state index contributed by atoms with van der Waals surface area (Å²) < 4.78 is 15.4. The van der Waals surface area contributed by atoms with Crippen LogP contribution in [0.2, 0.25) is 19.1 Å². The number of benzene rings is 1. The zero-order valence-electron chi connectivity index (χ0n) is 21.7. The Morgan fingerprint density at radius 3 is 2.36 bits per heavy atom. The molecular formula is C26H43NO5Si. The highest BCUT2D eigenvalue weighted by atomic mass is 28.3. The summed E-state index contributed by atoms with van der Waals surface area (Å²) in [5.41, 5.74) is 2.50. The maximum atomic E-state index is 11.9. The maximum absolute atomic E-state index is 11.9. The highest BCUT2D eigenvalue weighted by Crippen LogP contribution is 2.23. The Hall–Kier alpha value is -2.28. The molecule has 7 heteroatoms. The van der Waals surface area contributed by atoms with Crippen LogP contribution in [0.3, 0.4) is 0 Å². The van der Waals surface area contributed by atoms with E-state index in [1.807, 2.05) is 32.0 Å². The summed E-state index contributed by atoms with van der Waals surface area (Å²) in [6, 6.07) is 6.99. The van der Waals surface area contributed by atoms with Crippen LogP contribution in [0.1, 0.15) is 69.9 Å². The number of carbonyl (C=O) groups is 1. The molecule has 0 fully saturated rings. The standard InChI is InChI=1S/C26H43NO5Si/c1-8-9-10-11-12-13-14-17-33(6,7)20-31-27-22(3)23-16-15-21(2)24(18-23)32-25(19-29-4)26(28)30-5/h15-16,18-19H,8-14,17,20H2,1-7H3. The molecule has 0 atom stereocenters. The van der Waals surface area contributed by atoms with Crippen molar-refractivity contribution in [2.75, 3.05) is 20.4 Å². The summed E-state index contributed by atoms with van der Waals surface area (Å²) in [4.78, 5) is 17.7. The van der Waals surface area contributed by atoms with Crippen molar-refractivity contribution < 1.29 is 23.8 Å². The first-order valence-electron chi connectivity index (χ1n) is 12.0. The molecule has 0 aliphatic rings. The van der Waals surface area contributed by atoms with Gasteiger partial charge in [-0.25, -0.2) is 4.79 Å². The number of unbranched alkanes of at least 4 members (excludes halogenated alkanes) is 6. The number of esters is 1. The van der Waals surface area contributed by atoms with Gasteiger partial charge in [-0.05, 0) is 25.5 Å². The van der Waals surface area contributed by atoms with E-state index >= 15 is 0 Å². The predicted octanol–water partition coefficient (Wildman–Crippen LogP) is 6.77. The van der Waals surface area contributed by atoms with E-state index in [1.165, 1.54) is 71.5 Å². The number of aryl methyl sites for hydroxylation is 1. The van der Waals surface area contributed by atoms with E-state index < -0.39 is 14.0 Å². The van der Waals surface area contributed by atoms with E-state index in [-0.39, 0.29) is 5.76 Å². The van der Waals surface area contributed by atoms with Crippen LogP contribution in [0, 0.1) is 6.92 Å². The lowest BCUT2D eigenvalue weighted by atomic mass is 10.1. The van der Waals surface area contributed by atoms with Gasteiger partial charge in [-0.1, -0.05) is 88.3 Å². The second-order valence-corrected chi connectivity index (χ2v) is 14.4. The Balaban J connectivity index is 2.64. The Labute approximate surface area is 201 Å². The molecule has 0 saturated carbocycles. The van der Waals surface area contributed by atoms with Gasteiger partial charge >= 0.3 is 5.97 Å². The molecule has 33 heavy (non-hydrogen) atoms. The Bertz CT molecular complexity index is 789. The predicted molar refractivity (Wildman–Crippen MR) is 137 cm³/mol. The number of rotatable bonds is 16. The van der Waals surface area contributed by atoms with Crippen LogP contribution in [0.4, 0.5) is 0 Å². The van der Waals surface area contributed by atoms with Gasteiger partial charge in [0.1, 0.15) is 18.2 Å². The average molecular weight is 478 g/mol. The van der Waals surface area contributed by atoms with Crippen molar-refractivity contribution >= 4 is 19.8 Å². The number of ether oxygens (including phenoxy) is 3. The first-order chi connectivity index (χ1) is 15.7. The highest BCUT2D eigenvalue weighted by Gasteiger charge is 2.21. The van der Waals surface area contributed by atoms with Crippen LogP contribution < -0.4 is 4.74 Å². The third kappa shape index (κ3) is 11.4. The van der Waals surface area contributed by atoms with E-state index in [2.05, 4.69) is 25.2 Å². The van der Waals surface area contributed by atoms with Crippen LogP contribution in [0.15, 0.2) is 35.4 Å². The third-order valence-electron chi connectivity index (χ3n) is 5.55. The van der Waals surface area contributed by atoms with Gasteiger partial charge in [-0.15, -0.1) is 0 Å². The van der Waals surface area contributed by atoms with Crippen molar-refractivity contribution in [2.24, 2.45) is 5.16 Å². The molecule has 186 valence electrons. The van der Waals surface area contributed by atoms with Crippen molar-refractivity contribution in [1.29, 1.82) is 0 Å². The monoisotopic (exact) mass is 477 g/mol. The van der Waals surface area contributed by atoms with Crippen molar-refractivity contribution in [3.8, 4) is 5.75 Å². The fourth-order valence-electron chi connectivity index (χ4n) is 3.36. The molecule has 0 aromatic heterocycles. The lowest BCUT2D eigenvalue weighted by Gasteiger charge is -2.20. The Kier molecular flexibility index (Phi) is 13.5. The number of hydrogen-bond acceptors (Lipinski definition) is 6. The molecule has 0 N–H and O–H groups in total. The maximum Gasteiger partial charge on any atom is 0.377 e. The summed E-state index contributed by atoms with van der Waals surface area (Å²) in [6.07, 6.45) is 11.3. The van der Waals surface area contributed by atoms with Gasteiger partial charge in [0, 0.05) is 5.56 Å². The minimum absolute atomic E-state index is 0.0239. The van der Waals surface area contributed by atoms with E-state index in [0.717, 1.165) is 16.8 Å². The Morgan fingerprint density at radius 1 is 1.06 bits per heavy atom. The quantitative estimate of drug-likeness (QED) is 0.0500. The molecule has 6 nitrogen and oxygen atoms in total. The largest absolute Gasteiger partial charge is 0.500 e. The normalized spacial score (nSPS) is 12.5. The molecule has 1 aromatic rings. The van der Waals surface area contributed by atoms with Gasteiger partial charge in [0.25, 0.3) is 0 Å². The zero-order valence-corrected chi connectivity index (χ0v) is 22.7. The van der Waals surface area contributed by atoms with E-state index in [1.54, 1.807) is 0 Å². The molecule has 1 aromatic carbocycles. The van der Waals surface area contributed by atoms with Crippen molar-refractivity contribution in [1.82, 2.24) is 0 Å². The van der Waals surface area contributed by atoms with Gasteiger partial charge in [0.05, 0.1) is 28.0 Å². The van der Waals surface area contributed by atoms with Crippen molar-refractivity contribution in [2.45, 2.75) is 84.9 Å². The van der Waals surface area contributed by atoms with Crippen LogP contribution in [0.5, 0.6) is 5.75 Å². The molecule has 0 aliphatic heterocycles. The summed E-state index contributed by atoms with van der Waals surface area (Å²) in [5.74, 6) is -0.0999. The van der Waals surface area contributed by atoms with E-state index in [9.17, 15) is 4.79 Å². The second-order valence-electron chi connectivity index (χ2n) is 9.28. The number of oxime groups is 1. The third-order valence-corrected chi connectivity index (χ3v) is 8.17. The molecule has 0 amide bonds. The van der Waals surface area contributed by atoms with Gasteiger partial charge in [0.15, 0.2) is 0 Å². The fraction of sp³-hybridized carbons (Fsp3) is 0.615. The lowest BCUT2D eigenvalue weighted by Crippen LogP contribution is -2.31. The van der Waals surface area contributed by atoms with Crippen molar-refractivity contribution in [3.63, 3.8) is 0 Å². The van der Waals surface area contributed by atoms with Gasteiger partial charge < -0.3 is 19.0 Å². The molecule has 0 radical (unpaired) electrons. The number of nitrogens with zero attached hydrogens (tertiary/aromatic N) is 1. The lowest BCUT2D eigenvalue weighted by molar-refractivity contribution is -0.138.